The summed E-state index contributed by atoms with van der Waals surface area (Å²) in [6, 6.07) is 0. The summed E-state index contributed by atoms with van der Waals surface area (Å²) in [7, 11) is 0. The number of hydrogen-bond acceptors (Lipinski definition) is 0. The average molecular weight is 152 g/mol. The SMILES string of the molecule is CC(C)CP(C)(C)(C)F. The minimum atomic E-state index is -2.67. The molecular weight excluding hydrogens is 134 g/mol. The first-order chi connectivity index (χ1) is 3.67. The van der Waals surface area contributed by atoms with Gasteiger partial charge >= 0.3 is 57.0 Å². The van der Waals surface area contributed by atoms with Crippen LogP contribution in [-0.4, -0.2) is 26.2 Å². The van der Waals surface area contributed by atoms with Crippen LogP contribution in [0.25, 0.3) is 0 Å². The third-order valence-electron chi connectivity index (χ3n) is 0.982. The zero-order chi connectivity index (χ0) is 7.73. The molecule has 58 valence electrons. The molecule has 0 aromatic rings. The molecule has 0 saturated heterocycles. The van der Waals surface area contributed by atoms with Crippen molar-refractivity contribution in [2.24, 2.45) is 5.92 Å². The molecule has 0 fully saturated rings. The summed E-state index contributed by atoms with van der Waals surface area (Å²) in [5, 5.41) is 0. The molecule has 0 amide bonds. The molecule has 0 atom stereocenters. The van der Waals surface area contributed by atoms with Crippen LogP contribution >= 0.6 is 6.91 Å². The fourth-order valence-electron chi connectivity index (χ4n) is 1.23. The Bertz CT molecular complexity index is 90.0. The van der Waals surface area contributed by atoms with Crippen LogP contribution in [0, 0.1) is 5.92 Å². The van der Waals surface area contributed by atoms with E-state index in [9.17, 15) is 4.20 Å². The minimum absolute atomic E-state index is 0.493. The molecule has 9 heavy (non-hydrogen) atoms. The molecule has 0 spiro atoms. The Labute approximate surface area is 57.9 Å². The monoisotopic (exact) mass is 152 g/mol. The third kappa shape index (κ3) is 8.36. The first-order valence-corrected chi connectivity index (χ1v) is 7.04. The van der Waals surface area contributed by atoms with Crippen molar-refractivity contribution in [2.75, 3.05) is 26.2 Å². The summed E-state index contributed by atoms with van der Waals surface area (Å²) in [6.45, 7) is 6.77. The number of halogens is 1. The van der Waals surface area contributed by atoms with Crippen molar-refractivity contribution in [1.29, 1.82) is 0 Å². The van der Waals surface area contributed by atoms with Gasteiger partial charge in [-0.2, -0.15) is 0 Å². The second-order valence-corrected chi connectivity index (χ2v) is 10.7. The van der Waals surface area contributed by atoms with Crippen LogP contribution in [0.4, 0.5) is 4.20 Å². The number of rotatable bonds is 2. The van der Waals surface area contributed by atoms with E-state index >= 15 is 0 Å². The Morgan fingerprint density at radius 3 is 1.56 bits per heavy atom. The molecule has 0 aliphatic heterocycles. The van der Waals surface area contributed by atoms with Crippen molar-refractivity contribution in [2.45, 2.75) is 13.8 Å². The van der Waals surface area contributed by atoms with Gasteiger partial charge in [-0.05, 0) is 0 Å². The van der Waals surface area contributed by atoms with E-state index in [1.165, 1.54) is 0 Å². The first-order valence-electron chi connectivity index (χ1n) is 3.39. The van der Waals surface area contributed by atoms with E-state index in [2.05, 4.69) is 13.8 Å². The Morgan fingerprint density at radius 2 is 1.56 bits per heavy atom. The van der Waals surface area contributed by atoms with Crippen LogP contribution in [0.5, 0.6) is 0 Å². The summed E-state index contributed by atoms with van der Waals surface area (Å²) in [5.74, 6) is 0.493. The van der Waals surface area contributed by atoms with Gasteiger partial charge < -0.3 is 0 Å². The second kappa shape index (κ2) is 2.20. The molecule has 0 N–H and O–H groups in total. The van der Waals surface area contributed by atoms with Crippen molar-refractivity contribution in [3.05, 3.63) is 0 Å². The Kier molecular flexibility index (Phi) is 2.28. The van der Waals surface area contributed by atoms with Crippen molar-refractivity contribution in [1.82, 2.24) is 0 Å². The van der Waals surface area contributed by atoms with Crippen LogP contribution in [0.3, 0.4) is 0 Å². The summed E-state index contributed by atoms with van der Waals surface area (Å²) in [5.41, 5.74) is 0. The fraction of sp³-hybridized carbons (Fsp3) is 1.00. The van der Waals surface area contributed by atoms with Crippen LogP contribution in [0.2, 0.25) is 0 Å². The predicted octanol–water partition coefficient (Wildman–Crippen LogP) is 2.97. The molecule has 0 rings (SSSR count). The second-order valence-electron chi connectivity index (χ2n) is 4.49. The van der Waals surface area contributed by atoms with Gasteiger partial charge in [-0.1, -0.05) is 0 Å². The molecule has 0 saturated carbocycles. The molecule has 0 nitrogen and oxygen atoms in total. The molecular formula is C7H18FP. The van der Waals surface area contributed by atoms with E-state index in [4.69, 9.17) is 0 Å². The Balaban J connectivity index is 3.89. The van der Waals surface area contributed by atoms with Crippen LogP contribution in [0.15, 0.2) is 0 Å². The van der Waals surface area contributed by atoms with Gasteiger partial charge in [0.15, 0.2) is 0 Å². The molecule has 2 heteroatoms. The topological polar surface area (TPSA) is 0 Å². The van der Waals surface area contributed by atoms with Crippen molar-refractivity contribution in [3.63, 3.8) is 0 Å². The average Bonchev–Trinajstić information content (AvgIpc) is 1.16. The summed E-state index contributed by atoms with van der Waals surface area (Å²) in [6.07, 6.45) is 0.756. The van der Waals surface area contributed by atoms with E-state index in [1.54, 1.807) is 20.0 Å². The van der Waals surface area contributed by atoms with Crippen molar-refractivity contribution in [3.8, 4) is 0 Å². The summed E-state index contributed by atoms with van der Waals surface area (Å²) >= 11 is 0. The Morgan fingerprint density at radius 1 is 1.22 bits per heavy atom. The fourth-order valence-corrected chi connectivity index (χ4v) is 3.70. The van der Waals surface area contributed by atoms with Gasteiger partial charge in [-0.3, -0.25) is 0 Å². The van der Waals surface area contributed by atoms with Gasteiger partial charge in [0.1, 0.15) is 0 Å². The molecule has 0 aliphatic carbocycles. The molecule has 0 aromatic carbocycles. The van der Waals surface area contributed by atoms with E-state index in [-0.39, 0.29) is 0 Å². The molecule has 0 bridgehead atoms. The molecule has 0 aromatic heterocycles. The van der Waals surface area contributed by atoms with Crippen LogP contribution in [0.1, 0.15) is 13.8 Å². The van der Waals surface area contributed by atoms with Gasteiger partial charge in [0.2, 0.25) is 0 Å². The van der Waals surface area contributed by atoms with Crippen LogP contribution in [-0.2, 0) is 0 Å². The molecule has 0 aliphatic rings. The van der Waals surface area contributed by atoms with Crippen LogP contribution < -0.4 is 0 Å². The van der Waals surface area contributed by atoms with E-state index in [0.29, 0.717) is 5.92 Å². The zero-order valence-electron chi connectivity index (χ0n) is 7.11. The zero-order valence-corrected chi connectivity index (χ0v) is 8.00. The van der Waals surface area contributed by atoms with E-state index < -0.39 is 6.91 Å². The predicted molar refractivity (Wildman–Crippen MR) is 45.5 cm³/mol. The van der Waals surface area contributed by atoms with Gasteiger partial charge in [0, 0.05) is 0 Å². The Hall–Kier alpha value is 0.360. The first kappa shape index (κ1) is 9.36. The maximum absolute atomic E-state index is 13.5. The van der Waals surface area contributed by atoms with E-state index in [0.717, 1.165) is 6.16 Å². The molecule has 0 unspecified atom stereocenters. The quantitative estimate of drug-likeness (QED) is 0.533. The van der Waals surface area contributed by atoms with Crippen molar-refractivity contribution >= 4 is 6.91 Å². The molecule has 0 heterocycles. The normalized spacial score (nSPS) is 17.4. The maximum atomic E-state index is 13.5. The van der Waals surface area contributed by atoms with Gasteiger partial charge in [0.25, 0.3) is 0 Å². The number of hydrogen-bond donors (Lipinski definition) is 0. The van der Waals surface area contributed by atoms with Gasteiger partial charge in [0.05, 0.1) is 0 Å². The van der Waals surface area contributed by atoms with Gasteiger partial charge in [-0.25, -0.2) is 0 Å². The molecule has 0 radical (unpaired) electrons. The summed E-state index contributed by atoms with van der Waals surface area (Å²) < 4.78 is 13.5. The van der Waals surface area contributed by atoms with E-state index in [1.807, 2.05) is 0 Å². The third-order valence-corrected chi connectivity index (χ3v) is 2.95. The van der Waals surface area contributed by atoms with Gasteiger partial charge in [-0.15, -0.1) is 0 Å². The van der Waals surface area contributed by atoms with Crippen molar-refractivity contribution < 1.29 is 4.20 Å². The standard InChI is InChI=1S/C7H18FP/c1-7(2)6-9(3,4,5)8/h7H,6H2,1-5H3. The summed E-state index contributed by atoms with van der Waals surface area (Å²) in [4.78, 5) is 0.